The highest BCUT2D eigenvalue weighted by Crippen LogP contribution is 2.24. The Morgan fingerprint density at radius 3 is 1.86 bits per heavy atom. The molecule has 0 atom stereocenters. The van der Waals surface area contributed by atoms with Gasteiger partial charge in [0.2, 0.25) is 0 Å². The minimum Gasteiger partial charge on any atom is -0.462 e. The molecule has 1 amide bonds. The molecule has 2 N–H and O–H groups in total. The van der Waals surface area contributed by atoms with E-state index >= 15 is 0 Å². The molecule has 0 unspecified atom stereocenters. The Kier molecular flexibility index (Phi) is 7.50. The van der Waals surface area contributed by atoms with E-state index < -0.39 is 5.97 Å². The van der Waals surface area contributed by atoms with Gasteiger partial charge in [-0.1, -0.05) is 0 Å². The second kappa shape index (κ2) is 11.1. The van der Waals surface area contributed by atoms with Crippen LogP contribution >= 0.6 is 0 Å². The second-order valence-electron chi connectivity index (χ2n) is 7.63. The Balaban J connectivity index is 1.48. The van der Waals surface area contributed by atoms with Gasteiger partial charge in [0.15, 0.2) is 0 Å². The fourth-order valence-corrected chi connectivity index (χ4v) is 3.45. The minimum atomic E-state index is -0.413. The van der Waals surface area contributed by atoms with Crippen molar-refractivity contribution in [3.05, 3.63) is 89.7 Å². The van der Waals surface area contributed by atoms with E-state index in [9.17, 15) is 14.4 Å². The highest BCUT2D eigenvalue weighted by Gasteiger charge is 2.12. The number of nitrogens with one attached hydrogen (secondary N) is 2. The normalized spacial score (nSPS) is 10.5. The summed E-state index contributed by atoms with van der Waals surface area (Å²) in [4.78, 5) is 45.0. The first-order valence-electron chi connectivity index (χ1n) is 11.4. The predicted octanol–water partition coefficient (Wildman–Crippen LogP) is 4.98. The first-order chi connectivity index (χ1) is 17.5. The second-order valence-corrected chi connectivity index (χ2v) is 7.63. The molecule has 182 valence electrons. The molecule has 3 aromatic carbocycles. The van der Waals surface area contributed by atoms with Gasteiger partial charge >= 0.3 is 11.9 Å². The highest BCUT2D eigenvalue weighted by molar-refractivity contribution is 6.07. The lowest BCUT2D eigenvalue weighted by molar-refractivity contribution is 0.0517. The smallest absolute Gasteiger partial charge is 0.338 e. The van der Waals surface area contributed by atoms with Gasteiger partial charge in [-0.2, -0.15) is 0 Å². The van der Waals surface area contributed by atoms with Crippen molar-refractivity contribution in [3.8, 4) is 0 Å². The Labute approximate surface area is 207 Å². The molecule has 9 nitrogen and oxygen atoms in total. The number of anilines is 3. The van der Waals surface area contributed by atoms with Crippen molar-refractivity contribution in [2.24, 2.45) is 0 Å². The maximum Gasteiger partial charge on any atom is 0.338 e. The Morgan fingerprint density at radius 1 is 0.722 bits per heavy atom. The number of carbonyl (C=O) groups is 3. The van der Waals surface area contributed by atoms with Gasteiger partial charge in [0.05, 0.1) is 29.9 Å². The lowest BCUT2D eigenvalue weighted by Crippen LogP contribution is -2.12. The lowest BCUT2D eigenvalue weighted by Gasteiger charge is -2.10. The predicted molar refractivity (Wildman–Crippen MR) is 136 cm³/mol. The number of amides is 1. The monoisotopic (exact) mass is 484 g/mol. The van der Waals surface area contributed by atoms with Crippen molar-refractivity contribution in [2.75, 3.05) is 23.8 Å². The lowest BCUT2D eigenvalue weighted by atomic mass is 10.1. The fraction of sp³-hybridized carbons (Fsp3) is 0.148. The largest absolute Gasteiger partial charge is 0.462 e. The van der Waals surface area contributed by atoms with Crippen molar-refractivity contribution in [2.45, 2.75) is 13.8 Å². The van der Waals surface area contributed by atoms with E-state index in [1.54, 1.807) is 80.6 Å². The van der Waals surface area contributed by atoms with Crippen LogP contribution in [0.2, 0.25) is 0 Å². The number of hydrogen-bond acceptors (Lipinski definition) is 8. The third kappa shape index (κ3) is 5.64. The molecule has 0 aliphatic carbocycles. The van der Waals surface area contributed by atoms with Gasteiger partial charge in [0, 0.05) is 22.3 Å². The summed E-state index contributed by atoms with van der Waals surface area (Å²) in [6, 6.07) is 18.5. The number of carbonyl (C=O) groups excluding carboxylic acids is 3. The minimum absolute atomic E-state index is 0.293. The zero-order valence-corrected chi connectivity index (χ0v) is 19.8. The van der Waals surface area contributed by atoms with E-state index in [1.165, 1.54) is 6.33 Å². The summed E-state index contributed by atoms with van der Waals surface area (Å²) in [5, 5.41) is 6.75. The van der Waals surface area contributed by atoms with Gasteiger partial charge in [-0.05, 0) is 80.6 Å². The van der Waals surface area contributed by atoms with E-state index in [2.05, 4.69) is 20.6 Å². The fourth-order valence-electron chi connectivity index (χ4n) is 3.45. The number of hydrogen-bond donors (Lipinski definition) is 2. The molecule has 0 spiro atoms. The van der Waals surface area contributed by atoms with E-state index in [-0.39, 0.29) is 11.9 Å². The molecular formula is C27H24N4O5. The highest BCUT2D eigenvalue weighted by atomic mass is 16.5. The first-order valence-corrected chi connectivity index (χ1v) is 11.4. The number of fused-ring (bicyclic) bond motifs is 1. The average Bonchev–Trinajstić information content (AvgIpc) is 2.89. The van der Waals surface area contributed by atoms with Crippen LogP contribution in [0.5, 0.6) is 0 Å². The number of benzene rings is 3. The summed E-state index contributed by atoms with van der Waals surface area (Å²) < 4.78 is 9.97. The molecule has 1 heterocycles. The molecular weight excluding hydrogens is 460 g/mol. The third-order valence-corrected chi connectivity index (χ3v) is 5.21. The van der Waals surface area contributed by atoms with E-state index in [0.717, 1.165) is 11.1 Å². The van der Waals surface area contributed by atoms with Crippen LogP contribution in [0.25, 0.3) is 10.9 Å². The van der Waals surface area contributed by atoms with Gasteiger partial charge in [-0.25, -0.2) is 19.6 Å². The Morgan fingerprint density at radius 2 is 1.28 bits per heavy atom. The topological polar surface area (TPSA) is 120 Å². The van der Waals surface area contributed by atoms with Crippen LogP contribution in [0.15, 0.2) is 73.1 Å². The Hall–Kier alpha value is -4.79. The standard InChI is InChI=1S/C27H24N4O5/c1-3-35-26(33)17-5-10-20(11-6-17)30-24-22-14-9-19(15-23(22)28-16-29-24)25(32)31-21-12-7-18(8-13-21)27(34)36-4-2/h5-16H,3-4H2,1-2H3,(H,31,32)(H,28,29,30). The van der Waals surface area contributed by atoms with Crippen LogP contribution in [0, 0.1) is 0 Å². The van der Waals surface area contributed by atoms with Gasteiger partial charge in [0.1, 0.15) is 12.1 Å². The molecule has 0 aliphatic heterocycles. The number of esters is 2. The maximum atomic E-state index is 12.8. The van der Waals surface area contributed by atoms with Crippen molar-refractivity contribution < 1.29 is 23.9 Å². The quantitative estimate of drug-likeness (QED) is 0.336. The third-order valence-electron chi connectivity index (χ3n) is 5.21. The van der Waals surface area contributed by atoms with Gasteiger partial charge in [-0.3, -0.25) is 4.79 Å². The summed E-state index contributed by atoms with van der Waals surface area (Å²) in [5.41, 5.74) is 3.15. The zero-order chi connectivity index (χ0) is 25.5. The van der Waals surface area contributed by atoms with Crippen LogP contribution in [0.1, 0.15) is 44.9 Å². The van der Waals surface area contributed by atoms with Crippen molar-refractivity contribution in [1.82, 2.24) is 9.97 Å². The molecule has 36 heavy (non-hydrogen) atoms. The average molecular weight is 485 g/mol. The summed E-state index contributed by atoms with van der Waals surface area (Å²) in [6.45, 7) is 4.10. The molecule has 0 saturated carbocycles. The summed E-state index contributed by atoms with van der Waals surface area (Å²) in [7, 11) is 0. The molecule has 0 aliphatic rings. The molecule has 0 saturated heterocycles. The molecule has 0 radical (unpaired) electrons. The zero-order valence-electron chi connectivity index (χ0n) is 19.8. The summed E-state index contributed by atoms with van der Waals surface area (Å²) in [6.07, 6.45) is 1.41. The van der Waals surface area contributed by atoms with E-state index in [0.29, 0.717) is 46.9 Å². The van der Waals surface area contributed by atoms with Crippen LogP contribution in [-0.2, 0) is 9.47 Å². The number of nitrogens with zero attached hydrogens (tertiary/aromatic N) is 2. The SMILES string of the molecule is CCOC(=O)c1ccc(NC(=O)c2ccc3c(Nc4ccc(C(=O)OCC)cc4)ncnc3c2)cc1. The van der Waals surface area contributed by atoms with Crippen LogP contribution in [-0.4, -0.2) is 41.0 Å². The van der Waals surface area contributed by atoms with Gasteiger partial charge < -0.3 is 20.1 Å². The van der Waals surface area contributed by atoms with Crippen molar-refractivity contribution in [1.29, 1.82) is 0 Å². The van der Waals surface area contributed by atoms with Crippen LogP contribution in [0.3, 0.4) is 0 Å². The maximum absolute atomic E-state index is 12.8. The number of ether oxygens (including phenoxy) is 2. The first kappa shape index (κ1) is 24.3. The van der Waals surface area contributed by atoms with Gasteiger partial charge in [-0.15, -0.1) is 0 Å². The molecule has 4 rings (SSSR count). The van der Waals surface area contributed by atoms with Crippen molar-refractivity contribution in [3.63, 3.8) is 0 Å². The van der Waals surface area contributed by atoms with Crippen LogP contribution in [0.4, 0.5) is 17.2 Å². The molecule has 1 aromatic heterocycles. The molecule has 0 bridgehead atoms. The van der Waals surface area contributed by atoms with Crippen molar-refractivity contribution >= 4 is 45.9 Å². The van der Waals surface area contributed by atoms with E-state index in [4.69, 9.17) is 9.47 Å². The van der Waals surface area contributed by atoms with E-state index in [1.807, 2.05) is 0 Å². The summed E-state index contributed by atoms with van der Waals surface area (Å²) >= 11 is 0. The number of aromatic nitrogens is 2. The summed E-state index contributed by atoms with van der Waals surface area (Å²) in [5.74, 6) is -0.546. The van der Waals surface area contributed by atoms with Gasteiger partial charge in [0.25, 0.3) is 5.91 Å². The molecule has 0 fully saturated rings. The number of rotatable bonds is 8. The molecule has 4 aromatic rings. The Bertz CT molecular complexity index is 1400. The van der Waals surface area contributed by atoms with Crippen LogP contribution < -0.4 is 10.6 Å². The molecule has 9 heteroatoms.